The zero-order valence-electron chi connectivity index (χ0n) is 14.3. The van der Waals surface area contributed by atoms with Crippen LogP contribution in [0.4, 0.5) is 4.79 Å². The number of carbonyl (C=O) groups is 1. The number of rotatable bonds is 1. The zero-order chi connectivity index (χ0) is 16.6. The Morgan fingerprint density at radius 3 is 2.83 bits per heavy atom. The highest BCUT2D eigenvalue weighted by atomic mass is 16.6. The Morgan fingerprint density at radius 1 is 1.30 bits per heavy atom. The Balaban J connectivity index is 1.72. The first-order valence-electron chi connectivity index (χ1n) is 8.23. The minimum atomic E-state index is -0.488. The van der Waals surface area contributed by atoms with Gasteiger partial charge in [-0.05, 0) is 58.2 Å². The van der Waals surface area contributed by atoms with Crippen molar-refractivity contribution in [3.05, 3.63) is 23.8 Å². The van der Waals surface area contributed by atoms with Crippen molar-refractivity contribution in [3.63, 3.8) is 0 Å². The SMILES string of the molecule is Cc1ccc2c(c1)O[C@@H]([C@@H]1CCCN1C(=O)OC(C)(C)C)CO2. The van der Waals surface area contributed by atoms with Crippen LogP contribution in [0.15, 0.2) is 18.2 Å². The quantitative estimate of drug-likeness (QED) is 0.794. The second-order valence-electron chi connectivity index (χ2n) is 7.30. The van der Waals surface area contributed by atoms with Gasteiger partial charge in [0.2, 0.25) is 0 Å². The van der Waals surface area contributed by atoms with Gasteiger partial charge < -0.3 is 19.1 Å². The molecule has 1 saturated heterocycles. The molecule has 2 heterocycles. The third-order valence-electron chi connectivity index (χ3n) is 4.14. The minimum Gasteiger partial charge on any atom is -0.486 e. The molecule has 0 unspecified atom stereocenters. The summed E-state index contributed by atoms with van der Waals surface area (Å²) < 4.78 is 17.5. The van der Waals surface area contributed by atoms with E-state index in [1.54, 1.807) is 4.90 Å². The van der Waals surface area contributed by atoms with Crippen LogP contribution in [0.5, 0.6) is 11.5 Å². The average molecular weight is 319 g/mol. The van der Waals surface area contributed by atoms with Crippen LogP contribution < -0.4 is 9.47 Å². The van der Waals surface area contributed by atoms with Gasteiger partial charge in [-0.3, -0.25) is 0 Å². The van der Waals surface area contributed by atoms with E-state index in [9.17, 15) is 4.79 Å². The molecule has 1 aromatic rings. The van der Waals surface area contributed by atoms with Gasteiger partial charge >= 0.3 is 6.09 Å². The van der Waals surface area contributed by atoms with E-state index < -0.39 is 5.60 Å². The number of benzene rings is 1. The standard InChI is InChI=1S/C18H25NO4/c1-12-7-8-14-15(10-12)22-16(11-21-14)13-6-5-9-19(13)17(20)23-18(2,3)4/h7-8,10,13,16H,5-6,9,11H2,1-4H3/t13-,16+/m0/s1. The monoisotopic (exact) mass is 319 g/mol. The molecule has 1 fully saturated rings. The lowest BCUT2D eigenvalue weighted by Crippen LogP contribution is -2.50. The first-order valence-corrected chi connectivity index (χ1v) is 8.23. The molecule has 0 radical (unpaired) electrons. The maximum atomic E-state index is 12.4. The molecule has 2 atom stereocenters. The van der Waals surface area contributed by atoms with Crippen LogP contribution in [0.3, 0.4) is 0 Å². The second kappa shape index (κ2) is 5.95. The van der Waals surface area contributed by atoms with Crippen LogP contribution in [-0.4, -0.2) is 41.9 Å². The Kier molecular flexibility index (Phi) is 4.13. The van der Waals surface area contributed by atoms with Gasteiger partial charge in [0.15, 0.2) is 17.6 Å². The first kappa shape index (κ1) is 16.0. The molecule has 0 saturated carbocycles. The third-order valence-corrected chi connectivity index (χ3v) is 4.14. The maximum absolute atomic E-state index is 12.4. The summed E-state index contributed by atoms with van der Waals surface area (Å²) in [6, 6.07) is 5.92. The molecule has 23 heavy (non-hydrogen) atoms. The molecule has 2 aliphatic heterocycles. The predicted octanol–water partition coefficient (Wildman–Crippen LogP) is 3.53. The van der Waals surface area contributed by atoms with E-state index in [-0.39, 0.29) is 18.2 Å². The van der Waals surface area contributed by atoms with Gasteiger partial charge in [0.25, 0.3) is 0 Å². The summed E-state index contributed by atoms with van der Waals surface area (Å²) in [7, 11) is 0. The molecule has 0 bridgehead atoms. The summed E-state index contributed by atoms with van der Waals surface area (Å²) >= 11 is 0. The van der Waals surface area contributed by atoms with Crippen LogP contribution in [0, 0.1) is 6.92 Å². The van der Waals surface area contributed by atoms with Crippen LogP contribution in [0.1, 0.15) is 39.2 Å². The second-order valence-corrected chi connectivity index (χ2v) is 7.30. The summed E-state index contributed by atoms with van der Waals surface area (Å²) in [5.74, 6) is 1.53. The third kappa shape index (κ3) is 3.54. The molecule has 0 aromatic heterocycles. The van der Waals surface area contributed by atoms with Crippen molar-refractivity contribution in [1.29, 1.82) is 0 Å². The highest BCUT2D eigenvalue weighted by Crippen LogP contribution is 2.35. The lowest BCUT2D eigenvalue weighted by Gasteiger charge is -2.35. The summed E-state index contributed by atoms with van der Waals surface area (Å²) in [6.45, 7) is 8.84. The number of ether oxygens (including phenoxy) is 3. The van der Waals surface area contributed by atoms with Crippen LogP contribution in [-0.2, 0) is 4.74 Å². The smallest absolute Gasteiger partial charge is 0.410 e. The van der Waals surface area contributed by atoms with Gasteiger partial charge in [-0.25, -0.2) is 4.79 Å². The summed E-state index contributed by atoms with van der Waals surface area (Å²) in [5.41, 5.74) is 0.640. The number of fused-ring (bicyclic) bond motifs is 1. The van der Waals surface area contributed by atoms with Gasteiger partial charge in [-0.15, -0.1) is 0 Å². The van der Waals surface area contributed by atoms with E-state index in [4.69, 9.17) is 14.2 Å². The molecule has 3 rings (SSSR count). The molecule has 5 nitrogen and oxygen atoms in total. The molecule has 0 spiro atoms. The highest BCUT2D eigenvalue weighted by molar-refractivity contribution is 5.69. The van der Waals surface area contributed by atoms with E-state index in [1.165, 1.54) is 0 Å². The van der Waals surface area contributed by atoms with E-state index in [1.807, 2.05) is 45.9 Å². The molecular weight excluding hydrogens is 294 g/mol. The highest BCUT2D eigenvalue weighted by Gasteiger charge is 2.40. The summed E-state index contributed by atoms with van der Waals surface area (Å²) in [4.78, 5) is 14.2. The van der Waals surface area contributed by atoms with Crippen molar-refractivity contribution in [2.24, 2.45) is 0 Å². The number of hydrogen-bond acceptors (Lipinski definition) is 4. The molecular formula is C18H25NO4. The predicted molar refractivity (Wildman–Crippen MR) is 87.1 cm³/mol. The maximum Gasteiger partial charge on any atom is 0.410 e. The first-order chi connectivity index (χ1) is 10.8. The molecule has 0 aliphatic carbocycles. The molecule has 5 heteroatoms. The van der Waals surface area contributed by atoms with Gasteiger partial charge in [0.1, 0.15) is 12.2 Å². The fourth-order valence-electron chi connectivity index (χ4n) is 3.11. The Hall–Kier alpha value is -1.91. The largest absolute Gasteiger partial charge is 0.486 e. The lowest BCUT2D eigenvalue weighted by molar-refractivity contribution is -0.00460. The van der Waals surface area contributed by atoms with Gasteiger partial charge in [-0.2, -0.15) is 0 Å². The fraction of sp³-hybridized carbons (Fsp3) is 0.611. The Morgan fingerprint density at radius 2 is 2.09 bits per heavy atom. The van der Waals surface area contributed by atoms with E-state index >= 15 is 0 Å². The van der Waals surface area contributed by atoms with Crippen molar-refractivity contribution in [2.45, 2.75) is 58.3 Å². The topological polar surface area (TPSA) is 48.0 Å². The van der Waals surface area contributed by atoms with Gasteiger partial charge in [0, 0.05) is 6.54 Å². The van der Waals surface area contributed by atoms with Crippen LogP contribution in [0.25, 0.3) is 0 Å². The fourth-order valence-corrected chi connectivity index (χ4v) is 3.11. The van der Waals surface area contributed by atoms with Crippen molar-refractivity contribution in [2.75, 3.05) is 13.2 Å². The normalized spacial score (nSPS) is 23.7. The van der Waals surface area contributed by atoms with Gasteiger partial charge in [0.05, 0.1) is 6.04 Å². The number of amides is 1. The van der Waals surface area contributed by atoms with Crippen molar-refractivity contribution in [1.82, 2.24) is 4.90 Å². The van der Waals surface area contributed by atoms with E-state index in [2.05, 4.69) is 0 Å². The number of carbonyl (C=O) groups excluding carboxylic acids is 1. The zero-order valence-corrected chi connectivity index (χ0v) is 14.3. The molecule has 0 N–H and O–H groups in total. The summed E-state index contributed by atoms with van der Waals surface area (Å²) in [6.07, 6.45) is 1.46. The molecule has 126 valence electrons. The van der Waals surface area contributed by atoms with Crippen LogP contribution in [0.2, 0.25) is 0 Å². The van der Waals surface area contributed by atoms with Crippen molar-refractivity contribution >= 4 is 6.09 Å². The Labute approximate surface area is 137 Å². The average Bonchev–Trinajstić information content (AvgIpc) is 2.94. The van der Waals surface area contributed by atoms with Crippen LogP contribution >= 0.6 is 0 Å². The number of likely N-dealkylation sites (tertiary alicyclic amines) is 1. The Bertz CT molecular complexity index is 593. The van der Waals surface area contributed by atoms with Gasteiger partial charge in [-0.1, -0.05) is 6.07 Å². The summed E-state index contributed by atoms with van der Waals surface area (Å²) in [5, 5.41) is 0. The van der Waals surface area contributed by atoms with E-state index in [0.717, 1.165) is 29.9 Å². The lowest BCUT2D eigenvalue weighted by atomic mass is 10.1. The molecule has 1 amide bonds. The number of hydrogen-bond donors (Lipinski definition) is 0. The van der Waals surface area contributed by atoms with E-state index in [0.29, 0.717) is 13.2 Å². The molecule has 1 aromatic carbocycles. The van der Waals surface area contributed by atoms with Crippen molar-refractivity contribution < 1.29 is 19.0 Å². The van der Waals surface area contributed by atoms with Crippen molar-refractivity contribution in [3.8, 4) is 11.5 Å². The number of aryl methyl sites for hydroxylation is 1. The number of nitrogens with zero attached hydrogens (tertiary/aromatic N) is 1. The molecule has 2 aliphatic rings. The minimum absolute atomic E-state index is 0.00138.